The van der Waals surface area contributed by atoms with E-state index in [2.05, 4.69) is 4.74 Å². The van der Waals surface area contributed by atoms with Gasteiger partial charge in [0.2, 0.25) is 0 Å². The van der Waals surface area contributed by atoms with Crippen LogP contribution >= 0.6 is 0 Å². The van der Waals surface area contributed by atoms with Crippen molar-refractivity contribution in [2.45, 2.75) is 6.92 Å². The summed E-state index contributed by atoms with van der Waals surface area (Å²) in [5.41, 5.74) is 0. The average Bonchev–Trinajstić information content (AvgIpc) is 1.69. The van der Waals surface area contributed by atoms with Gasteiger partial charge >= 0.3 is 0 Å². The molecule has 0 aliphatic rings. The molecule has 7 heavy (non-hydrogen) atoms. The van der Waals surface area contributed by atoms with Crippen molar-refractivity contribution < 1.29 is 4.74 Å². The topological polar surface area (TPSA) is 33.0 Å². The lowest BCUT2D eigenvalue weighted by Crippen LogP contribution is -1.77. The van der Waals surface area contributed by atoms with E-state index in [9.17, 15) is 0 Å². The minimum absolute atomic E-state index is 0.143. The lowest BCUT2D eigenvalue weighted by molar-refractivity contribution is 0.294. The summed E-state index contributed by atoms with van der Waals surface area (Å²) >= 11 is 0. The smallest absolute Gasteiger partial charge is 0.173 e. The average molecular weight is 97.1 g/mol. The van der Waals surface area contributed by atoms with E-state index in [-0.39, 0.29) is 6.61 Å². The molecule has 0 fully saturated rings. The van der Waals surface area contributed by atoms with E-state index in [1.165, 1.54) is 6.26 Å². The zero-order chi connectivity index (χ0) is 5.54. The third-order valence-electron chi connectivity index (χ3n) is 0.380. The fourth-order valence-corrected chi connectivity index (χ4v) is 0.182. The van der Waals surface area contributed by atoms with Gasteiger partial charge in [-0.3, -0.25) is 0 Å². The van der Waals surface area contributed by atoms with Crippen LogP contribution in [-0.4, -0.2) is 6.61 Å². The summed E-state index contributed by atoms with van der Waals surface area (Å²) < 4.78 is 4.59. The van der Waals surface area contributed by atoms with Crippen molar-refractivity contribution >= 4 is 0 Å². The molecule has 0 saturated carbocycles. The van der Waals surface area contributed by atoms with Crippen LogP contribution < -0.4 is 0 Å². The summed E-state index contributed by atoms with van der Waals surface area (Å²) in [7, 11) is 0. The highest BCUT2D eigenvalue weighted by Crippen LogP contribution is 1.72. The molecule has 2 nitrogen and oxygen atoms in total. The van der Waals surface area contributed by atoms with Crippen LogP contribution in [0, 0.1) is 11.3 Å². The van der Waals surface area contributed by atoms with Gasteiger partial charge in [0.1, 0.15) is 6.07 Å². The van der Waals surface area contributed by atoms with Crippen LogP contribution in [-0.2, 0) is 4.74 Å². The molecule has 0 unspecified atom stereocenters. The Morgan fingerprint density at radius 2 is 2.57 bits per heavy atom. The highest BCUT2D eigenvalue weighted by molar-refractivity contribution is 4.72. The zero-order valence-corrected chi connectivity index (χ0v) is 4.22. The van der Waals surface area contributed by atoms with Crippen molar-refractivity contribution in [3.63, 3.8) is 0 Å². The Kier molecular flexibility index (Phi) is 4.33. The van der Waals surface area contributed by atoms with E-state index >= 15 is 0 Å². The summed E-state index contributed by atoms with van der Waals surface area (Å²) in [6, 6.07) is 1.83. The van der Waals surface area contributed by atoms with Gasteiger partial charge in [-0.25, -0.2) is 0 Å². The summed E-state index contributed by atoms with van der Waals surface area (Å²) in [6.45, 7) is 1.97. The van der Waals surface area contributed by atoms with E-state index in [4.69, 9.17) is 5.26 Å². The molecule has 0 saturated heterocycles. The zero-order valence-electron chi connectivity index (χ0n) is 4.22. The third kappa shape index (κ3) is 5.03. The van der Waals surface area contributed by atoms with Gasteiger partial charge in [-0.15, -0.1) is 0 Å². The van der Waals surface area contributed by atoms with Crippen LogP contribution in [0.5, 0.6) is 0 Å². The molecule has 0 atom stereocenters. The van der Waals surface area contributed by atoms with Crippen molar-refractivity contribution in [1.82, 2.24) is 0 Å². The van der Waals surface area contributed by atoms with Gasteiger partial charge in [0.25, 0.3) is 0 Å². The Balaban J connectivity index is 2.87. The van der Waals surface area contributed by atoms with E-state index in [1.807, 2.05) is 13.0 Å². The van der Waals surface area contributed by atoms with E-state index in [1.54, 1.807) is 6.08 Å². The summed E-state index contributed by atoms with van der Waals surface area (Å²) in [5, 5.41) is 7.88. The van der Waals surface area contributed by atoms with Gasteiger partial charge in [0.15, 0.2) is 6.61 Å². The fraction of sp³-hybridized carbons (Fsp3) is 0.400. The van der Waals surface area contributed by atoms with Crippen molar-refractivity contribution in [3.8, 4) is 6.07 Å². The fourth-order valence-electron chi connectivity index (χ4n) is 0.182. The van der Waals surface area contributed by atoms with Crippen molar-refractivity contribution in [2.75, 3.05) is 6.61 Å². The number of ether oxygens (including phenoxy) is 1. The van der Waals surface area contributed by atoms with Gasteiger partial charge in [-0.1, -0.05) is 6.08 Å². The van der Waals surface area contributed by atoms with Crippen LogP contribution in [0.2, 0.25) is 0 Å². The lowest BCUT2D eigenvalue weighted by Gasteiger charge is -1.84. The first-order valence-electron chi connectivity index (χ1n) is 2.01. The number of hydrogen-bond acceptors (Lipinski definition) is 2. The minimum Gasteiger partial charge on any atom is -0.487 e. The molecule has 0 spiro atoms. The van der Waals surface area contributed by atoms with Gasteiger partial charge in [0, 0.05) is 0 Å². The number of hydrogen-bond donors (Lipinski definition) is 0. The molecule has 0 amide bonds. The SMILES string of the molecule is C/C=C\OCC#N. The standard InChI is InChI=1S/C5H7NO/c1-2-4-7-5-3-6/h2,4H,5H2,1H3/b4-2-. The van der Waals surface area contributed by atoms with Crippen molar-refractivity contribution in [3.05, 3.63) is 12.3 Å². The molecule has 2 heteroatoms. The second-order valence-corrected chi connectivity index (χ2v) is 0.939. The van der Waals surface area contributed by atoms with Crippen molar-refractivity contribution in [2.24, 2.45) is 0 Å². The largest absolute Gasteiger partial charge is 0.487 e. The van der Waals surface area contributed by atoms with E-state index in [0.717, 1.165) is 0 Å². The molecule has 0 N–H and O–H groups in total. The minimum atomic E-state index is 0.143. The first-order chi connectivity index (χ1) is 3.41. The lowest BCUT2D eigenvalue weighted by atomic mass is 10.7. The molecule has 0 aromatic carbocycles. The van der Waals surface area contributed by atoms with E-state index < -0.39 is 0 Å². The maximum absolute atomic E-state index is 7.88. The van der Waals surface area contributed by atoms with E-state index in [0.29, 0.717) is 0 Å². The van der Waals surface area contributed by atoms with Gasteiger partial charge < -0.3 is 4.74 Å². The molecule has 0 bridgehead atoms. The molecule has 0 aliphatic carbocycles. The van der Waals surface area contributed by atoms with Gasteiger partial charge in [-0.05, 0) is 6.92 Å². The highest BCUT2D eigenvalue weighted by Gasteiger charge is 1.67. The summed E-state index contributed by atoms with van der Waals surface area (Å²) in [4.78, 5) is 0. The molecule has 0 aromatic rings. The summed E-state index contributed by atoms with van der Waals surface area (Å²) in [5.74, 6) is 0. The Labute approximate surface area is 43.0 Å². The number of rotatable bonds is 2. The number of allylic oxidation sites excluding steroid dienone is 1. The maximum Gasteiger partial charge on any atom is 0.173 e. The van der Waals surface area contributed by atoms with Crippen LogP contribution in [0.25, 0.3) is 0 Å². The normalized spacial score (nSPS) is 8.57. The monoisotopic (exact) mass is 97.1 g/mol. The van der Waals surface area contributed by atoms with Gasteiger partial charge in [-0.2, -0.15) is 5.26 Å². The predicted octanol–water partition coefficient (Wildman–Crippen LogP) is 1.06. The maximum atomic E-state index is 7.88. The van der Waals surface area contributed by atoms with Crippen LogP contribution in [0.3, 0.4) is 0 Å². The molecule has 0 rings (SSSR count). The Hall–Kier alpha value is -0.970. The highest BCUT2D eigenvalue weighted by atomic mass is 16.5. The predicted molar refractivity (Wildman–Crippen MR) is 26.4 cm³/mol. The third-order valence-corrected chi connectivity index (χ3v) is 0.380. The molecule has 0 aliphatic heterocycles. The molecular formula is C5H7NO. The second-order valence-electron chi connectivity index (χ2n) is 0.939. The van der Waals surface area contributed by atoms with Crippen LogP contribution in [0.15, 0.2) is 12.3 Å². The number of nitriles is 1. The Bertz CT molecular complexity index is 90.7. The van der Waals surface area contributed by atoms with Crippen LogP contribution in [0.4, 0.5) is 0 Å². The second kappa shape index (κ2) is 5.03. The van der Waals surface area contributed by atoms with Crippen molar-refractivity contribution in [1.29, 1.82) is 5.26 Å². The molecule has 0 aromatic heterocycles. The van der Waals surface area contributed by atoms with Gasteiger partial charge in [0.05, 0.1) is 6.26 Å². The van der Waals surface area contributed by atoms with Crippen LogP contribution in [0.1, 0.15) is 6.92 Å². The first-order valence-corrected chi connectivity index (χ1v) is 2.01. The summed E-state index contributed by atoms with van der Waals surface area (Å²) in [6.07, 6.45) is 3.22. The molecule has 0 radical (unpaired) electrons. The Morgan fingerprint density at radius 1 is 1.86 bits per heavy atom. The quantitative estimate of drug-likeness (QED) is 0.381. The molecule has 0 heterocycles. The first kappa shape index (κ1) is 6.03. The Morgan fingerprint density at radius 3 is 3.00 bits per heavy atom. The molecular weight excluding hydrogens is 90.1 g/mol. The molecule has 38 valence electrons. The number of nitrogens with zero attached hydrogens (tertiary/aromatic N) is 1.